The molecule has 7 nitrogen and oxygen atoms in total. The van der Waals surface area contributed by atoms with Gasteiger partial charge in [-0.15, -0.1) is 5.10 Å². The number of amides is 1. The number of nitrogens with one attached hydrogen (secondary N) is 1. The Morgan fingerprint density at radius 3 is 2.52 bits per heavy atom. The molecule has 29 heavy (non-hydrogen) atoms. The number of hydrogen-bond acceptors (Lipinski definition) is 7. The topological polar surface area (TPSA) is 90.4 Å². The van der Waals surface area contributed by atoms with Gasteiger partial charge in [-0.3, -0.25) is 4.79 Å². The maximum Gasteiger partial charge on any atom is 0.352 e. The second-order valence-electron chi connectivity index (χ2n) is 6.24. The second-order valence-corrected chi connectivity index (χ2v) is 6.99. The van der Waals surface area contributed by atoms with E-state index in [-0.39, 0.29) is 0 Å². The van der Waals surface area contributed by atoms with E-state index in [0.29, 0.717) is 35.0 Å². The number of esters is 1. The number of benzene rings is 2. The number of nitrogens with zero attached hydrogens (tertiary/aromatic N) is 2. The molecule has 0 saturated carbocycles. The van der Waals surface area contributed by atoms with Gasteiger partial charge in [0.1, 0.15) is 12.4 Å². The average molecular weight is 411 g/mol. The van der Waals surface area contributed by atoms with E-state index in [1.807, 2.05) is 37.3 Å². The van der Waals surface area contributed by atoms with E-state index in [0.717, 1.165) is 17.1 Å². The summed E-state index contributed by atoms with van der Waals surface area (Å²) in [4.78, 5) is 24.8. The molecule has 0 aliphatic carbocycles. The van der Waals surface area contributed by atoms with Crippen LogP contribution in [0.2, 0.25) is 0 Å². The van der Waals surface area contributed by atoms with Crippen molar-refractivity contribution in [3.8, 4) is 5.75 Å². The minimum absolute atomic E-state index is 0.326. The molecule has 2 aromatic carbocycles. The van der Waals surface area contributed by atoms with E-state index in [4.69, 9.17) is 9.47 Å². The summed E-state index contributed by atoms with van der Waals surface area (Å²) in [5.74, 6) is -0.327. The molecule has 0 aliphatic rings. The lowest BCUT2D eigenvalue weighted by molar-refractivity contribution is -0.123. The number of carbonyl (C=O) groups excluding carboxylic acids is 2. The van der Waals surface area contributed by atoms with Crippen LogP contribution in [0.4, 0.5) is 5.69 Å². The molecule has 0 spiro atoms. The summed E-state index contributed by atoms with van der Waals surface area (Å²) in [5, 5.41) is 6.60. The normalized spacial score (nSPS) is 11.5. The minimum Gasteiger partial charge on any atom is -0.489 e. The highest BCUT2D eigenvalue weighted by atomic mass is 32.1. The largest absolute Gasteiger partial charge is 0.489 e. The van der Waals surface area contributed by atoms with Crippen LogP contribution in [-0.2, 0) is 22.6 Å². The number of ether oxygens (including phenoxy) is 2. The first kappa shape index (κ1) is 20.5. The predicted molar refractivity (Wildman–Crippen MR) is 110 cm³/mol. The molecule has 0 saturated heterocycles. The van der Waals surface area contributed by atoms with Gasteiger partial charge in [0.05, 0.1) is 5.69 Å². The monoisotopic (exact) mass is 411 g/mol. The van der Waals surface area contributed by atoms with Gasteiger partial charge in [0.2, 0.25) is 0 Å². The van der Waals surface area contributed by atoms with Crippen molar-refractivity contribution in [1.82, 2.24) is 9.59 Å². The molecular formula is C21H21N3O4S. The van der Waals surface area contributed by atoms with Crippen molar-refractivity contribution in [2.45, 2.75) is 33.0 Å². The Labute approximate surface area is 172 Å². The first-order valence-electron chi connectivity index (χ1n) is 9.16. The lowest BCUT2D eigenvalue weighted by Crippen LogP contribution is -2.30. The molecule has 3 aromatic rings. The van der Waals surface area contributed by atoms with Gasteiger partial charge >= 0.3 is 5.97 Å². The summed E-state index contributed by atoms with van der Waals surface area (Å²) in [6.45, 7) is 3.85. The Morgan fingerprint density at radius 1 is 1.10 bits per heavy atom. The van der Waals surface area contributed by atoms with Crippen molar-refractivity contribution < 1.29 is 19.1 Å². The van der Waals surface area contributed by atoms with Gasteiger partial charge in [0.15, 0.2) is 11.0 Å². The van der Waals surface area contributed by atoms with Crippen LogP contribution in [0.1, 0.15) is 34.8 Å². The molecule has 1 heterocycles. The molecule has 0 unspecified atom stereocenters. The van der Waals surface area contributed by atoms with Crippen molar-refractivity contribution in [3.63, 3.8) is 0 Å². The first-order chi connectivity index (χ1) is 14.1. The van der Waals surface area contributed by atoms with Crippen LogP contribution < -0.4 is 10.1 Å². The predicted octanol–water partition coefficient (Wildman–Crippen LogP) is 3.86. The van der Waals surface area contributed by atoms with E-state index in [9.17, 15) is 9.59 Å². The molecule has 0 aliphatic heterocycles. The zero-order chi connectivity index (χ0) is 20.6. The van der Waals surface area contributed by atoms with Gasteiger partial charge < -0.3 is 14.8 Å². The highest BCUT2D eigenvalue weighted by Gasteiger charge is 2.23. The Morgan fingerprint density at radius 2 is 1.83 bits per heavy atom. The van der Waals surface area contributed by atoms with Gasteiger partial charge in [0, 0.05) is 5.69 Å². The summed E-state index contributed by atoms with van der Waals surface area (Å²) < 4.78 is 14.7. The van der Waals surface area contributed by atoms with Gasteiger partial charge in [-0.2, -0.15) is 0 Å². The fourth-order valence-electron chi connectivity index (χ4n) is 2.48. The smallest absolute Gasteiger partial charge is 0.352 e. The summed E-state index contributed by atoms with van der Waals surface area (Å²) in [6, 6.07) is 16.9. The molecule has 3 rings (SSSR count). The zero-order valence-electron chi connectivity index (χ0n) is 16.1. The Kier molecular flexibility index (Phi) is 6.91. The van der Waals surface area contributed by atoms with E-state index < -0.39 is 18.0 Å². The highest BCUT2D eigenvalue weighted by molar-refractivity contribution is 7.07. The van der Waals surface area contributed by atoms with Crippen LogP contribution in [-0.4, -0.2) is 27.6 Å². The van der Waals surface area contributed by atoms with E-state index in [1.165, 1.54) is 6.92 Å². The Balaban J connectivity index is 1.51. The van der Waals surface area contributed by atoms with Crippen LogP contribution >= 0.6 is 11.5 Å². The molecule has 1 N–H and O–H groups in total. The van der Waals surface area contributed by atoms with Crippen LogP contribution in [0.15, 0.2) is 54.6 Å². The van der Waals surface area contributed by atoms with Crippen LogP contribution in [0.5, 0.6) is 5.75 Å². The van der Waals surface area contributed by atoms with E-state index in [2.05, 4.69) is 14.9 Å². The van der Waals surface area contributed by atoms with Crippen molar-refractivity contribution in [2.75, 3.05) is 5.32 Å². The second kappa shape index (κ2) is 9.79. The molecule has 8 heteroatoms. The number of aromatic nitrogens is 2. The number of carbonyl (C=O) groups is 2. The standard InChI is InChI=1S/C21H21N3O4S/c1-3-18-19(29-24-23-18)21(26)28-14(2)20(25)22-16-9-11-17(12-10-16)27-13-15-7-5-4-6-8-15/h4-12,14H,3,13H2,1-2H3,(H,22,25)/t14-/m0/s1. The highest BCUT2D eigenvalue weighted by Crippen LogP contribution is 2.18. The summed E-state index contributed by atoms with van der Waals surface area (Å²) in [5.41, 5.74) is 2.22. The summed E-state index contributed by atoms with van der Waals surface area (Å²) >= 11 is 0.963. The number of anilines is 1. The number of rotatable bonds is 8. The van der Waals surface area contributed by atoms with E-state index in [1.54, 1.807) is 24.3 Å². The molecule has 1 amide bonds. The van der Waals surface area contributed by atoms with E-state index >= 15 is 0 Å². The van der Waals surface area contributed by atoms with Crippen molar-refractivity contribution in [1.29, 1.82) is 0 Å². The van der Waals surface area contributed by atoms with Gasteiger partial charge in [-0.1, -0.05) is 41.7 Å². The fourth-order valence-corrected chi connectivity index (χ4v) is 3.12. The Hall–Kier alpha value is -3.26. The third-order valence-electron chi connectivity index (χ3n) is 4.10. The number of aryl methyl sites for hydroxylation is 1. The van der Waals surface area contributed by atoms with Crippen molar-refractivity contribution in [3.05, 3.63) is 70.7 Å². The SMILES string of the molecule is CCc1nnsc1C(=O)O[C@@H](C)C(=O)Nc1ccc(OCc2ccccc2)cc1. The quantitative estimate of drug-likeness (QED) is 0.566. The third-order valence-corrected chi connectivity index (χ3v) is 4.85. The molecule has 150 valence electrons. The average Bonchev–Trinajstić information content (AvgIpc) is 3.23. The zero-order valence-corrected chi connectivity index (χ0v) is 16.9. The molecule has 0 radical (unpaired) electrons. The van der Waals surface area contributed by atoms with Crippen LogP contribution in [0, 0.1) is 0 Å². The third kappa shape index (κ3) is 5.61. The van der Waals surface area contributed by atoms with Gasteiger partial charge in [-0.25, -0.2) is 4.79 Å². The molecule has 1 aromatic heterocycles. The van der Waals surface area contributed by atoms with Crippen molar-refractivity contribution in [2.24, 2.45) is 0 Å². The first-order valence-corrected chi connectivity index (χ1v) is 9.94. The lowest BCUT2D eigenvalue weighted by atomic mass is 10.2. The van der Waals surface area contributed by atoms with Crippen molar-refractivity contribution >= 4 is 29.1 Å². The summed E-state index contributed by atoms with van der Waals surface area (Å²) in [6.07, 6.45) is -0.386. The minimum atomic E-state index is -0.955. The molecule has 1 atom stereocenters. The van der Waals surface area contributed by atoms with Crippen LogP contribution in [0.3, 0.4) is 0 Å². The molecule has 0 bridgehead atoms. The maximum atomic E-state index is 12.3. The maximum absolute atomic E-state index is 12.3. The molecule has 0 fully saturated rings. The fraction of sp³-hybridized carbons (Fsp3) is 0.238. The lowest BCUT2D eigenvalue weighted by Gasteiger charge is -2.13. The number of hydrogen-bond donors (Lipinski definition) is 1. The van der Waals surface area contributed by atoms with Gasteiger partial charge in [-0.05, 0) is 54.7 Å². The van der Waals surface area contributed by atoms with Gasteiger partial charge in [0.25, 0.3) is 5.91 Å². The summed E-state index contributed by atoms with van der Waals surface area (Å²) in [7, 11) is 0. The Bertz CT molecular complexity index is 958. The molecular weight excluding hydrogens is 390 g/mol. The van der Waals surface area contributed by atoms with Crippen LogP contribution in [0.25, 0.3) is 0 Å².